The van der Waals surface area contributed by atoms with E-state index in [-0.39, 0.29) is 5.56 Å². The molecule has 0 bridgehead atoms. The van der Waals surface area contributed by atoms with Crippen molar-refractivity contribution in [2.45, 2.75) is 10.6 Å². The summed E-state index contributed by atoms with van der Waals surface area (Å²) in [7, 11) is 0. The van der Waals surface area contributed by atoms with Crippen LogP contribution in [0.3, 0.4) is 0 Å². The standard InChI is InChI=1S/C17H12ClFN2O2S/c18-16-6-4-12(9-20-16)21-17(22)11-3-5-15(14(19)8-11)24-10-13-2-1-7-23-13/h1-9H,10H2,(H,21,22). The summed E-state index contributed by atoms with van der Waals surface area (Å²) in [4.78, 5) is 16.5. The van der Waals surface area contributed by atoms with Gasteiger partial charge >= 0.3 is 0 Å². The van der Waals surface area contributed by atoms with Gasteiger partial charge in [0.1, 0.15) is 16.7 Å². The van der Waals surface area contributed by atoms with Gasteiger partial charge in [-0.2, -0.15) is 0 Å². The lowest BCUT2D eigenvalue weighted by molar-refractivity contribution is 0.102. The highest BCUT2D eigenvalue weighted by molar-refractivity contribution is 7.98. The molecular formula is C17H12ClFN2O2S. The Bertz CT molecular complexity index is 838. The topological polar surface area (TPSA) is 55.1 Å². The summed E-state index contributed by atoms with van der Waals surface area (Å²) in [5.74, 6) is 0.414. The number of nitrogens with zero attached hydrogens (tertiary/aromatic N) is 1. The van der Waals surface area contributed by atoms with Crippen LogP contribution in [0.5, 0.6) is 0 Å². The Labute approximate surface area is 147 Å². The number of furan rings is 1. The molecule has 3 aromatic rings. The van der Waals surface area contributed by atoms with Crippen molar-refractivity contribution in [1.82, 2.24) is 4.98 Å². The van der Waals surface area contributed by atoms with Crippen molar-refractivity contribution in [1.29, 1.82) is 0 Å². The van der Waals surface area contributed by atoms with E-state index in [2.05, 4.69) is 10.3 Å². The molecule has 0 spiro atoms. The van der Waals surface area contributed by atoms with Gasteiger partial charge in [-0.3, -0.25) is 4.79 Å². The summed E-state index contributed by atoms with van der Waals surface area (Å²) in [6, 6.07) is 11.2. The lowest BCUT2D eigenvalue weighted by Gasteiger charge is -2.07. The number of halogens is 2. The van der Waals surface area contributed by atoms with Crippen LogP contribution in [-0.4, -0.2) is 10.9 Å². The zero-order valence-corrected chi connectivity index (χ0v) is 13.9. The van der Waals surface area contributed by atoms with Crippen LogP contribution in [0.2, 0.25) is 5.15 Å². The first kappa shape index (κ1) is 16.5. The molecule has 122 valence electrons. The Balaban J connectivity index is 1.66. The first-order valence-electron chi connectivity index (χ1n) is 6.99. The molecule has 0 saturated carbocycles. The molecule has 0 aliphatic heterocycles. The summed E-state index contributed by atoms with van der Waals surface area (Å²) in [5.41, 5.74) is 0.714. The molecule has 24 heavy (non-hydrogen) atoms. The minimum Gasteiger partial charge on any atom is -0.468 e. The highest BCUT2D eigenvalue weighted by Gasteiger charge is 2.11. The molecule has 1 aromatic carbocycles. The summed E-state index contributed by atoms with van der Waals surface area (Å²) >= 11 is 6.99. The normalized spacial score (nSPS) is 10.6. The second-order valence-electron chi connectivity index (χ2n) is 4.84. The zero-order valence-electron chi connectivity index (χ0n) is 12.3. The number of amides is 1. The highest BCUT2D eigenvalue weighted by Crippen LogP contribution is 2.26. The van der Waals surface area contributed by atoms with Gasteiger partial charge in [-0.05, 0) is 42.5 Å². The third-order valence-corrected chi connectivity index (χ3v) is 4.42. The molecule has 2 heterocycles. The predicted molar refractivity (Wildman–Crippen MR) is 91.9 cm³/mol. The largest absolute Gasteiger partial charge is 0.468 e. The first-order chi connectivity index (χ1) is 11.6. The van der Waals surface area contributed by atoms with E-state index in [1.54, 1.807) is 36.6 Å². The van der Waals surface area contributed by atoms with E-state index in [4.69, 9.17) is 16.0 Å². The van der Waals surface area contributed by atoms with Gasteiger partial charge in [-0.15, -0.1) is 11.8 Å². The third-order valence-electron chi connectivity index (χ3n) is 3.13. The van der Waals surface area contributed by atoms with Crippen LogP contribution in [-0.2, 0) is 5.75 Å². The van der Waals surface area contributed by atoms with Gasteiger partial charge in [-0.1, -0.05) is 11.6 Å². The van der Waals surface area contributed by atoms with Crippen LogP contribution in [0.25, 0.3) is 0 Å². The predicted octanol–water partition coefficient (Wildman–Crippen LogP) is 5.01. The fraction of sp³-hybridized carbons (Fsp3) is 0.0588. The summed E-state index contributed by atoms with van der Waals surface area (Å²) in [5, 5.41) is 2.97. The highest BCUT2D eigenvalue weighted by atomic mass is 35.5. The maximum atomic E-state index is 14.2. The fourth-order valence-corrected chi connectivity index (χ4v) is 2.89. The number of hydrogen-bond acceptors (Lipinski definition) is 4. The van der Waals surface area contributed by atoms with E-state index in [1.807, 2.05) is 6.07 Å². The van der Waals surface area contributed by atoms with Crippen LogP contribution in [0.1, 0.15) is 16.1 Å². The molecule has 0 radical (unpaired) electrons. The van der Waals surface area contributed by atoms with E-state index >= 15 is 0 Å². The first-order valence-corrected chi connectivity index (χ1v) is 8.36. The molecule has 0 saturated heterocycles. The molecule has 7 heteroatoms. The Morgan fingerprint density at radius 1 is 1.29 bits per heavy atom. The third kappa shape index (κ3) is 4.15. The van der Waals surface area contributed by atoms with Crippen LogP contribution >= 0.6 is 23.4 Å². The number of carbonyl (C=O) groups excluding carboxylic acids is 1. The fourth-order valence-electron chi connectivity index (χ4n) is 1.96. The Kier molecular flexibility index (Phi) is 5.17. The smallest absolute Gasteiger partial charge is 0.255 e. The van der Waals surface area contributed by atoms with Gasteiger partial charge in [0.05, 0.1) is 23.9 Å². The quantitative estimate of drug-likeness (QED) is 0.512. The number of aromatic nitrogens is 1. The van der Waals surface area contributed by atoms with Gasteiger partial charge < -0.3 is 9.73 Å². The lowest BCUT2D eigenvalue weighted by atomic mass is 10.2. The van der Waals surface area contributed by atoms with E-state index < -0.39 is 11.7 Å². The van der Waals surface area contributed by atoms with Gasteiger partial charge in [0.2, 0.25) is 0 Å². The van der Waals surface area contributed by atoms with E-state index in [1.165, 1.54) is 24.0 Å². The second kappa shape index (κ2) is 7.51. The van der Waals surface area contributed by atoms with Crippen LogP contribution < -0.4 is 5.32 Å². The van der Waals surface area contributed by atoms with Crippen LogP contribution in [0.15, 0.2) is 64.2 Å². The number of nitrogens with one attached hydrogen (secondary N) is 1. The second-order valence-corrected chi connectivity index (χ2v) is 6.24. The van der Waals surface area contributed by atoms with Crippen LogP contribution in [0.4, 0.5) is 10.1 Å². The number of hydrogen-bond donors (Lipinski definition) is 1. The number of rotatable bonds is 5. The van der Waals surface area contributed by atoms with Gasteiger partial charge in [0.25, 0.3) is 5.91 Å². The molecule has 2 aromatic heterocycles. The SMILES string of the molecule is O=C(Nc1ccc(Cl)nc1)c1ccc(SCc2ccco2)c(F)c1. The maximum Gasteiger partial charge on any atom is 0.255 e. The minimum atomic E-state index is -0.451. The summed E-state index contributed by atoms with van der Waals surface area (Å²) in [6.07, 6.45) is 3.01. The Morgan fingerprint density at radius 3 is 2.83 bits per heavy atom. The van der Waals surface area contributed by atoms with E-state index in [0.29, 0.717) is 21.5 Å². The zero-order chi connectivity index (χ0) is 16.9. The molecular weight excluding hydrogens is 351 g/mol. The van der Waals surface area contributed by atoms with E-state index in [9.17, 15) is 9.18 Å². The monoisotopic (exact) mass is 362 g/mol. The van der Waals surface area contributed by atoms with E-state index in [0.717, 1.165) is 5.76 Å². The van der Waals surface area contributed by atoms with Gasteiger partial charge in [0, 0.05) is 10.5 Å². The molecule has 0 aliphatic rings. The lowest BCUT2D eigenvalue weighted by Crippen LogP contribution is -2.12. The number of anilines is 1. The molecule has 0 fully saturated rings. The molecule has 1 N–H and O–H groups in total. The molecule has 3 rings (SSSR count). The number of benzene rings is 1. The average molecular weight is 363 g/mol. The summed E-state index contributed by atoms with van der Waals surface area (Å²) in [6.45, 7) is 0. The molecule has 1 amide bonds. The molecule has 0 aliphatic carbocycles. The Hall–Kier alpha value is -2.31. The van der Waals surface area contributed by atoms with Crippen molar-refractivity contribution in [3.63, 3.8) is 0 Å². The molecule has 0 atom stereocenters. The number of thioether (sulfide) groups is 1. The van der Waals surface area contributed by atoms with Crippen molar-refractivity contribution in [2.75, 3.05) is 5.32 Å². The van der Waals surface area contributed by atoms with Crippen LogP contribution in [0, 0.1) is 5.82 Å². The van der Waals surface area contributed by atoms with Gasteiger partial charge in [0.15, 0.2) is 0 Å². The summed E-state index contributed by atoms with van der Waals surface area (Å²) < 4.78 is 19.4. The molecule has 0 unspecified atom stereocenters. The van der Waals surface area contributed by atoms with Crippen molar-refractivity contribution in [2.24, 2.45) is 0 Å². The minimum absolute atomic E-state index is 0.227. The number of pyridine rings is 1. The van der Waals surface area contributed by atoms with Crippen molar-refractivity contribution < 1.29 is 13.6 Å². The average Bonchev–Trinajstić information content (AvgIpc) is 3.09. The van der Waals surface area contributed by atoms with Gasteiger partial charge in [-0.25, -0.2) is 9.37 Å². The Morgan fingerprint density at radius 2 is 2.17 bits per heavy atom. The molecule has 4 nitrogen and oxygen atoms in total. The van der Waals surface area contributed by atoms with Crippen molar-refractivity contribution >= 4 is 35.0 Å². The number of carbonyl (C=O) groups is 1. The van der Waals surface area contributed by atoms with Crippen molar-refractivity contribution in [3.05, 3.63) is 77.2 Å². The van der Waals surface area contributed by atoms with Crippen molar-refractivity contribution in [3.8, 4) is 0 Å². The maximum absolute atomic E-state index is 14.2.